The minimum absolute atomic E-state index is 0.0361. The molecule has 1 heterocycles. The second kappa shape index (κ2) is 10.3. The van der Waals surface area contributed by atoms with Gasteiger partial charge in [-0.25, -0.2) is 0 Å². The summed E-state index contributed by atoms with van der Waals surface area (Å²) in [6, 6.07) is 19.2. The highest BCUT2D eigenvalue weighted by Crippen LogP contribution is 2.28. The third-order valence-corrected chi connectivity index (χ3v) is 6.59. The van der Waals surface area contributed by atoms with E-state index in [-0.39, 0.29) is 24.3 Å². The molecule has 3 aromatic carbocycles. The Kier molecular flexibility index (Phi) is 6.72. The summed E-state index contributed by atoms with van der Waals surface area (Å²) in [6.07, 6.45) is 3.85. The van der Waals surface area contributed by atoms with E-state index in [1.807, 2.05) is 55.5 Å². The molecule has 0 saturated heterocycles. The van der Waals surface area contributed by atoms with Crippen LogP contribution in [0, 0.1) is 6.92 Å². The first-order valence-electron chi connectivity index (χ1n) is 12.4. The van der Waals surface area contributed by atoms with Crippen molar-refractivity contribution in [1.29, 1.82) is 0 Å². The van der Waals surface area contributed by atoms with Crippen molar-refractivity contribution < 1.29 is 14.4 Å². The van der Waals surface area contributed by atoms with Crippen LogP contribution in [0.1, 0.15) is 44.7 Å². The van der Waals surface area contributed by atoms with Gasteiger partial charge in [0.1, 0.15) is 6.54 Å². The Morgan fingerprint density at radius 3 is 2.43 bits per heavy atom. The fraction of sp³-hybridized carbons (Fsp3) is 0.241. The van der Waals surface area contributed by atoms with Gasteiger partial charge >= 0.3 is 0 Å². The highest BCUT2D eigenvalue weighted by Gasteiger charge is 2.24. The van der Waals surface area contributed by atoms with E-state index in [0.29, 0.717) is 23.7 Å². The van der Waals surface area contributed by atoms with Gasteiger partial charge in [0.15, 0.2) is 0 Å². The Morgan fingerprint density at radius 1 is 0.946 bits per heavy atom. The minimum Gasteiger partial charge on any atom is -0.355 e. The molecule has 3 amide bonds. The summed E-state index contributed by atoms with van der Waals surface area (Å²) in [5.74, 6) is -0.341. The molecule has 8 heteroatoms. The number of carbonyl (C=O) groups excluding carboxylic acids is 3. The van der Waals surface area contributed by atoms with Crippen LogP contribution in [0.2, 0.25) is 0 Å². The lowest BCUT2D eigenvalue weighted by Crippen LogP contribution is -2.27. The van der Waals surface area contributed by atoms with E-state index >= 15 is 0 Å². The van der Waals surface area contributed by atoms with Crippen molar-refractivity contribution in [3.05, 3.63) is 89.1 Å². The maximum atomic E-state index is 12.6. The van der Waals surface area contributed by atoms with E-state index in [9.17, 15) is 14.4 Å². The van der Waals surface area contributed by atoms with E-state index < -0.39 is 0 Å². The molecule has 0 unspecified atom stereocenters. The van der Waals surface area contributed by atoms with Gasteiger partial charge in [0.2, 0.25) is 5.91 Å². The number of aromatic nitrogens is 2. The molecule has 5 rings (SSSR count). The van der Waals surface area contributed by atoms with Gasteiger partial charge in [-0.05, 0) is 78.4 Å². The molecule has 0 spiro atoms. The van der Waals surface area contributed by atoms with Crippen molar-refractivity contribution in [3.63, 3.8) is 0 Å². The molecule has 3 N–H and O–H groups in total. The van der Waals surface area contributed by atoms with E-state index in [4.69, 9.17) is 0 Å². The number of benzene rings is 3. The Morgan fingerprint density at radius 2 is 1.70 bits per heavy atom. The highest BCUT2D eigenvalue weighted by atomic mass is 16.2. The van der Waals surface area contributed by atoms with Gasteiger partial charge < -0.3 is 16.0 Å². The molecule has 0 atom stereocenters. The van der Waals surface area contributed by atoms with Crippen molar-refractivity contribution in [2.24, 2.45) is 0 Å². The van der Waals surface area contributed by atoms with Crippen molar-refractivity contribution in [3.8, 4) is 11.1 Å². The quantitative estimate of drug-likeness (QED) is 0.347. The third-order valence-electron chi connectivity index (χ3n) is 6.59. The molecule has 4 aromatic rings. The number of fused-ring (bicyclic) bond motifs is 1. The Labute approximate surface area is 215 Å². The van der Waals surface area contributed by atoms with Crippen LogP contribution < -0.4 is 16.0 Å². The maximum absolute atomic E-state index is 12.6. The van der Waals surface area contributed by atoms with Gasteiger partial charge in [0, 0.05) is 36.1 Å². The predicted octanol–water partition coefficient (Wildman–Crippen LogP) is 3.58. The first-order chi connectivity index (χ1) is 17.9. The van der Waals surface area contributed by atoms with Crippen LogP contribution in [0.5, 0.6) is 0 Å². The molecule has 1 aliphatic rings. The summed E-state index contributed by atoms with van der Waals surface area (Å²) in [6.45, 7) is 2.48. The number of hydrogen-bond acceptors (Lipinski definition) is 4. The summed E-state index contributed by atoms with van der Waals surface area (Å²) in [4.78, 5) is 36.8. The first-order valence-corrected chi connectivity index (χ1v) is 12.4. The minimum atomic E-state index is -0.158. The molecule has 1 aromatic heterocycles. The molecular weight excluding hydrogens is 466 g/mol. The lowest BCUT2D eigenvalue weighted by molar-refractivity contribution is -0.121. The predicted molar refractivity (Wildman–Crippen MR) is 142 cm³/mol. The van der Waals surface area contributed by atoms with E-state index in [1.165, 1.54) is 0 Å². The molecular formula is C29H29N5O3. The summed E-state index contributed by atoms with van der Waals surface area (Å²) in [5.41, 5.74) is 6.06. The summed E-state index contributed by atoms with van der Waals surface area (Å²) >= 11 is 0. The second-order valence-corrected chi connectivity index (χ2v) is 9.41. The van der Waals surface area contributed by atoms with Gasteiger partial charge in [-0.3, -0.25) is 19.1 Å². The summed E-state index contributed by atoms with van der Waals surface area (Å²) < 4.78 is 1.68. The Bertz CT molecular complexity index is 1490. The largest absolute Gasteiger partial charge is 0.355 e. The van der Waals surface area contributed by atoms with Crippen LogP contribution in [-0.2, 0) is 17.9 Å². The zero-order valence-electron chi connectivity index (χ0n) is 20.9. The van der Waals surface area contributed by atoms with E-state index in [1.54, 1.807) is 30.1 Å². The molecule has 1 saturated carbocycles. The Balaban J connectivity index is 1.26. The van der Waals surface area contributed by atoms with Crippen LogP contribution in [0.4, 0.5) is 0 Å². The SMILES string of the molecule is CNC(=O)c1ccc(CNC(=O)Cn2ncc3cc(-c4cc(C(=O)NC5CC5)ccc4C)ccc32)cc1. The molecule has 8 nitrogen and oxygen atoms in total. The maximum Gasteiger partial charge on any atom is 0.251 e. The number of nitrogens with one attached hydrogen (secondary N) is 3. The van der Waals surface area contributed by atoms with E-state index in [2.05, 4.69) is 21.0 Å². The van der Waals surface area contributed by atoms with Crippen molar-refractivity contribution in [2.75, 3.05) is 7.05 Å². The standard InChI is InChI=1S/C29H29N5O3/c1-18-3-6-22(29(37)33-24-10-11-24)14-25(18)21-9-12-26-23(13-21)16-32-34(26)17-27(35)31-15-19-4-7-20(8-5-19)28(36)30-2/h3-9,12-14,16,24H,10-11,15,17H2,1-2H3,(H,30,36)(H,31,35)(H,33,37). The monoisotopic (exact) mass is 495 g/mol. The van der Waals surface area contributed by atoms with Crippen molar-refractivity contribution in [2.45, 2.75) is 38.9 Å². The normalized spacial score (nSPS) is 12.8. The van der Waals surface area contributed by atoms with Crippen LogP contribution in [0.15, 0.2) is 66.9 Å². The average Bonchev–Trinajstić information content (AvgIpc) is 3.65. The molecule has 0 bridgehead atoms. The van der Waals surface area contributed by atoms with Gasteiger partial charge in [-0.2, -0.15) is 5.10 Å². The lowest BCUT2D eigenvalue weighted by Gasteiger charge is -2.11. The molecule has 0 radical (unpaired) electrons. The molecule has 1 aliphatic carbocycles. The molecule has 1 fully saturated rings. The number of carbonyl (C=O) groups is 3. The second-order valence-electron chi connectivity index (χ2n) is 9.41. The Hall–Kier alpha value is -4.46. The lowest BCUT2D eigenvalue weighted by atomic mass is 9.97. The summed E-state index contributed by atoms with van der Waals surface area (Å²) in [5, 5.41) is 13.9. The fourth-order valence-electron chi connectivity index (χ4n) is 4.26. The first kappa shape index (κ1) is 24.2. The third kappa shape index (κ3) is 5.53. The molecule has 0 aliphatic heterocycles. The number of aryl methyl sites for hydroxylation is 1. The van der Waals surface area contributed by atoms with Crippen LogP contribution >= 0.6 is 0 Å². The molecule has 37 heavy (non-hydrogen) atoms. The van der Waals surface area contributed by atoms with Gasteiger partial charge in [-0.15, -0.1) is 0 Å². The van der Waals surface area contributed by atoms with Gasteiger partial charge in [-0.1, -0.05) is 24.3 Å². The van der Waals surface area contributed by atoms with Gasteiger partial charge in [0.25, 0.3) is 11.8 Å². The summed E-state index contributed by atoms with van der Waals surface area (Å²) in [7, 11) is 1.59. The topological polar surface area (TPSA) is 105 Å². The number of hydrogen-bond donors (Lipinski definition) is 3. The van der Waals surface area contributed by atoms with Crippen molar-refractivity contribution in [1.82, 2.24) is 25.7 Å². The average molecular weight is 496 g/mol. The van der Waals surface area contributed by atoms with Gasteiger partial charge in [0.05, 0.1) is 11.7 Å². The van der Waals surface area contributed by atoms with Crippen LogP contribution in [0.25, 0.3) is 22.0 Å². The van der Waals surface area contributed by atoms with E-state index in [0.717, 1.165) is 46.0 Å². The zero-order chi connectivity index (χ0) is 25.9. The smallest absolute Gasteiger partial charge is 0.251 e. The number of nitrogens with zero attached hydrogens (tertiary/aromatic N) is 2. The van der Waals surface area contributed by atoms with Crippen LogP contribution in [-0.4, -0.2) is 40.6 Å². The zero-order valence-corrected chi connectivity index (χ0v) is 20.9. The number of amides is 3. The van der Waals surface area contributed by atoms with Crippen molar-refractivity contribution >= 4 is 28.6 Å². The van der Waals surface area contributed by atoms with Crippen LogP contribution in [0.3, 0.4) is 0 Å². The fourth-order valence-corrected chi connectivity index (χ4v) is 4.26. The highest BCUT2D eigenvalue weighted by molar-refractivity contribution is 5.97. The molecule has 188 valence electrons. The number of rotatable bonds is 8.